The maximum atomic E-state index is 5.37. The minimum atomic E-state index is 0.527. The third-order valence-corrected chi connectivity index (χ3v) is 5.16. The quantitative estimate of drug-likeness (QED) is 0.735. The van der Waals surface area contributed by atoms with E-state index in [1.165, 1.54) is 12.8 Å². The predicted octanol–water partition coefficient (Wildman–Crippen LogP) is 3.92. The minimum absolute atomic E-state index is 0.527. The number of ether oxygens (including phenoxy) is 2. The fraction of sp³-hybridized carbons (Fsp3) is 0.524. The molecule has 0 saturated carbocycles. The van der Waals surface area contributed by atoms with Gasteiger partial charge in [-0.15, -0.1) is 0 Å². The molecule has 1 aromatic heterocycles. The van der Waals surface area contributed by atoms with Crippen molar-refractivity contribution in [2.45, 2.75) is 39.2 Å². The van der Waals surface area contributed by atoms with Crippen LogP contribution in [0.1, 0.15) is 44.0 Å². The number of methoxy groups -OCH3 is 2. The fourth-order valence-electron chi connectivity index (χ4n) is 3.47. The molecule has 0 amide bonds. The molecule has 0 spiro atoms. The van der Waals surface area contributed by atoms with Gasteiger partial charge in [-0.05, 0) is 69.5 Å². The van der Waals surface area contributed by atoms with Gasteiger partial charge in [0.15, 0.2) is 17.3 Å². The van der Waals surface area contributed by atoms with Gasteiger partial charge in [0.1, 0.15) is 0 Å². The smallest absolute Gasteiger partial charge is 0.250 e. The van der Waals surface area contributed by atoms with Crippen molar-refractivity contribution >= 4 is 12.2 Å². The Bertz CT molecular complexity index is 762. The first-order chi connectivity index (χ1) is 13.1. The molecule has 2 aromatic rings. The number of nitrogens with zero attached hydrogens (tertiary/aromatic N) is 3. The van der Waals surface area contributed by atoms with Gasteiger partial charge in [-0.1, -0.05) is 11.2 Å². The lowest BCUT2D eigenvalue weighted by molar-refractivity contribution is 0.148. The zero-order chi connectivity index (χ0) is 19.2. The molecule has 0 bridgehead atoms. The molecule has 2 heterocycles. The number of hydrogen-bond donors (Lipinski definition) is 0. The van der Waals surface area contributed by atoms with Gasteiger partial charge >= 0.3 is 0 Å². The third kappa shape index (κ3) is 5.10. The molecule has 1 aromatic carbocycles. The molecule has 1 aliphatic rings. The molecule has 0 unspecified atom stereocenters. The summed E-state index contributed by atoms with van der Waals surface area (Å²) < 4.78 is 16.0. The minimum Gasteiger partial charge on any atom is -0.493 e. The van der Waals surface area contributed by atoms with Crippen molar-refractivity contribution in [3.05, 3.63) is 35.5 Å². The van der Waals surface area contributed by atoms with Crippen molar-refractivity contribution in [3.63, 3.8) is 0 Å². The summed E-state index contributed by atoms with van der Waals surface area (Å²) in [6, 6.07) is 6.37. The van der Waals surface area contributed by atoms with Crippen molar-refractivity contribution in [1.29, 1.82) is 0 Å². The highest BCUT2D eigenvalue weighted by atomic mass is 16.5. The van der Waals surface area contributed by atoms with E-state index in [4.69, 9.17) is 14.0 Å². The van der Waals surface area contributed by atoms with E-state index in [9.17, 15) is 0 Å². The van der Waals surface area contributed by atoms with Gasteiger partial charge < -0.3 is 18.9 Å². The van der Waals surface area contributed by atoms with E-state index in [0.717, 1.165) is 30.9 Å². The van der Waals surface area contributed by atoms with E-state index >= 15 is 0 Å². The Balaban J connectivity index is 1.57. The van der Waals surface area contributed by atoms with Crippen LogP contribution in [0.25, 0.3) is 12.2 Å². The van der Waals surface area contributed by atoms with Crippen LogP contribution in [0.4, 0.5) is 0 Å². The van der Waals surface area contributed by atoms with Crippen LogP contribution in [0.5, 0.6) is 11.5 Å². The molecule has 1 aliphatic heterocycles. The lowest BCUT2D eigenvalue weighted by Gasteiger charge is -2.34. The van der Waals surface area contributed by atoms with Crippen LogP contribution >= 0.6 is 0 Å². The molecule has 0 N–H and O–H groups in total. The maximum Gasteiger partial charge on any atom is 0.250 e. The zero-order valence-electron chi connectivity index (χ0n) is 16.6. The molecule has 6 nitrogen and oxygen atoms in total. The van der Waals surface area contributed by atoms with Gasteiger partial charge in [0.05, 0.1) is 14.2 Å². The van der Waals surface area contributed by atoms with Crippen LogP contribution < -0.4 is 9.47 Å². The molecule has 1 saturated heterocycles. The molecular weight excluding hydrogens is 342 g/mol. The van der Waals surface area contributed by atoms with Gasteiger partial charge in [-0.25, -0.2) is 0 Å². The SMILES string of the molecule is COc1ccc(C=Cc2nc(CC3CCN(C(C)C)CC3)no2)cc1OC. The lowest BCUT2D eigenvalue weighted by atomic mass is 9.93. The van der Waals surface area contributed by atoms with Gasteiger partial charge in [0.25, 0.3) is 5.89 Å². The van der Waals surface area contributed by atoms with Crippen molar-refractivity contribution in [2.75, 3.05) is 27.3 Å². The monoisotopic (exact) mass is 371 g/mol. The van der Waals surface area contributed by atoms with Crippen LogP contribution in [0.2, 0.25) is 0 Å². The Morgan fingerprint density at radius 3 is 2.56 bits per heavy atom. The summed E-state index contributed by atoms with van der Waals surface area (Å²) in [5.41, 5.74) is 0.980. The number of aromatic nitrogens is 2. The Labute approximate surface area is 161 Å². The van der Waals surface area contributed by atoms with E-state index < -0.39 is 0 Å². The van der Waals surface area contributed by atoms with Crippen molar-refractivity contribution in [1.82, 2.24) is 15.0 Å². The topological polar surface area (TPSA) is 60.6 Å². The second-order valence-corrected chi connectivity index (χ2v) is 7.27. The van der Waals surface area contributed by atoms with Crippen molar-refractivity contribution < 1.29 is 14.0 Å². The van der Waals surface area contributed by atoms with Crippen LogP contribution in [0.3, 0.4) is 0 Å². The summed E-state index contributed by atoms with van der Waals surface area (Å²) in [6.45, 7) is 6.84. The summed E-state index contributed by atoms with van der Waals surface area (Å²) in [7, 11) is 3.25. The molecule has 3 rings (SSSR count). The Morgan fingerprint density at radius 2 is 1.89 bits per heavy atom. The van der Waals surface area contributed by atoms with Crippen molar-refractivity contribution in [3.8, 4) is 11.5 Å². The highest BCUT2D eigenvalue weighted by molar-refractivity contribution is 5.67. The molecule has 6 heteroatoms. The first-order valence-electron chi connectivity index (χ1n) is 9.55. The van der Waals surface area contributed by atoms with Crippen molar-refractivity contribution in [2.24, 2.45) is 5.92 Å². The van der Waals surface area contributed by atoms with E-state index in [1.54, 1.807) is 14.2 Å². The summed E-state index contributed by atoms with van der Waals surface area (Å²) in [6.07, 6.45) is 7.05. The van der Waals surface area contributed by atoms with Crippen LogP contribution in [0, 0.1) is 5.92 Å². The number of piperidine rings is 1. The largest absolute Gasteiger partial charge is 0.493 e. The Kier molecular flexibility index (Phi) is 6.50. The van der Waals surface area contributed by atoms with Gasteiger partial charge in [0.2, 0.25) is 0 Å². The molecule has 27 heavy (non-hydrogen) atoms. The van der Waals surface area contributed by atoms with E-state index in [0.29, 0.717) is 29.3 Å². The highest BCUT2D eigenvalue weighted by Crippen LogP contribution is 2.28. The maximum absolute atomic E-state index is 5.37. The molecule has 0 radical (unpaired) electrons. The molecular formula is C21H29N3O3. The molecule has 0 atom stereocenters. The van der Waals surface area contributed by atoms with Gasteiger partial charge in [0, 0.05) is 18.5 Å². The lowest BCUT2D eigenvalue weighted by Crippen LogP contribution is -2.38. The van der Waals surface area contributed by atoms with E-state index in [-0.39, 0.29) is 0 Å². The Hall–Kier alpha value is -2.34. The third-order valence-electron chi connectivity index (χ3n) is 5.16. The predicted molar refractivity (Wildman–Crippen MR) is 106 cm³/mol. The first-order valence-corrected chi connectivity index (χ1v) is 9.55. The number of benzene rings is 1. The standard InChI is InChI=1S/C21H29N3O3/c1-15(2)24-11-9-17(10-12-24)14-20-22-21(27-23-20)8-6-16-5-7-18(25-3)19(13-16)26-4/h5-8,13,15,17H,9-12,14H2,1-4H3. The average Bonchev–Trinajstić information content (AvgIpc) is 3.13. The summed E-state index contributed by atoms with van der Waals surface area (Å²) in [4.78, 5) is 7.05. The van der Waals surface area contributed by atoms with E-state index in [2.05, 4.69) is 28.9 Å². The van der Waals surface area contributed by atoms with Crippen LogP contribution in [0.15, 0.2) is 22.7 Å². The number of rotatable bonds is 7. The molecule has 146 valence electrons. The second-order valence-electron chi connectivity index (χ2n) is 7.27. The highest BCUT2D eigenvalue weighted by Gasteiger charge is 2.22. The van der Waals surface area contributed by atoms with E-state index in [1.807, 2.05) is 30.4 Å². The zero-order valence-corrected chi connectivity index (χ0v) is 16.6. The normalized spacial score (nSPS) is 16.3. The van der Waals surface area contributed by atoms with Gasteiger partial charge in [-0.3, -0.25) is 0 Å². The number of likely N-dealkylation sites (tertiary alicyclic amines) is 1. The second kappa shape index (κ2) is 9.04. The van der Waals surface area contributed by atoms with Crippen LogP contribution in [-0.4, -0.2) is 48.4 Å². The summed E-state index contributed by atoms with van der Waals surface area (Å²) in [5, 5.41) is 4.14. The fourth-order valence-corrected chi connectivity index (χ4v) is 3.47. The summed E-state index contributed by atoms with van der Waals surface area (Å²) >= 11 is 0. The van der Waals surface area contributed by atoms with Gasteiger partial charge in [-0.2, -0.15) is 4.98 Å². The van der Waals surface area contributed by atoms with Crippen LogP contribution in [-0.2, 0) is 6.42 Å². The average molecular weight is 371 g/mol. The Morgan fingerprint density at radius 1 is 1.15 bits per heavy atom. The molecule has 1 fully saturated rings. The summed E-state index contributed by atoms with van der Waals surface area (Å²) in [5.74, 6) is 3.36. The number of hydrogen-bond acceptors (Lipinski definition) is 6. The molecule has 0 aliphatic carbocycles. The first kappa shape index (κ1) is 19.4.